The number of aromatic amines is 1. The maximum atomic E-state index is 12.7. The number of carbonyl (C=O) groups is 1. The van der Waals surface area contributed by atoms with Crippen molar-refractivity contribution in [3.63, 3.8) is 0 Å². The van der Waals surface area contributed by atoms with Crippen LogP contribution in [0.5, 0.6) is 0 Å². The number of carbonyl (C=O) groups excluding carboxylic acids is 1. The minimum absolute atomic E-state index is 0.0366. The first kappa shape index (κ1) is 14.5. The lowest BCUT2D eigenvalue weighted by Gasteiger charge is -2.15. The van der Waals surface area contributed by atoms with Gasteiger partial charge in [0.2, 0.25) is 5.91 Å². The maximum Gasteiger partial charge on any atom is 0.302 e. The average molecular weight is 299 g/mol. The monoisotopic (exact) mass is 299 g/mol. The fraction of sp³-hybridized carbons (Fsp3) is 0.500. The molecule has 1 aliphatic rings. The fourth-order valence-corrected chi connectivity index (χ4v) is 3.22. The molecule has 0 radical (unpaired) electrons. The molecule has 0 aliphatic carbocycles. The standard InChI is InChI=1S/C12H14FN3O3S/c1-7-8(2)15-12(10(7)4-14)16-5-9(3-11(16)17)6-20(13,18)19/h9,15H,3,5-6H2,1-2H3. The Hall–Kier alpha value is -1.88. The molecule has 1 aromatic heterocycles. The molecule has 1 atom stereocenters. The Morgan fingerprint density at radius 1 is 1.50 bits per heavy atom. The number of aromatic nitrogens is 1. The second-order valence-corrected chi connectivity index (χ2v) is 6.40. The third-order valence-corrected chi connectivity index (χ3v) is 4.37. The van der Waals surface area contributed by atoms with Crippen molar-refractivity contribution < 1.29 is 17.1 Å². The molecule has 108 valence electrons. The summed E-state index contributed by atoms with van der Waals surface area (Å²) in [6.45, 7) is 3.64. The number of H-pyrrole nitrogens is 1. The van der Waals surface area contributed by atoms with Crippen LogP contribution in [-0.2, 0) is 15.0 Å². The molecule has 1 N–H and O–H groups in total. The first-order valence-corrected chi connectivity index (χ1v) is 7.60. The first-order chi connectivity index (χ1) is 9.23. The second kappa shape index (κ2) is 4.90. The first-order valence-electron chi connectivity index (χ1n) is 6.05. The number of rotatable bonds is 3. The Morgan fingerprint density at radius 2 is 2.15 bits per heavy atom. The quantitative estimate of drug-likeness (QED) is 0.847. The summed E-state index contributed by atoms with van der Waals surface area (Å²) in [6.07, 6.45) is -0.0366. The number of nitrogens with zero attached hydrogens (tertiary/aromatic N) is 2. The summed E-state index contributed by atoms with van der Waals surface area (Å²) in [4.78, 5) is 16.2. The fourth-order valence-electron chi connectivity index (χ4n) is 2.43. The smallest absolute Gasteiger partial charge is 0.302 e. The summed E-state index contributed by atoms with van der Waals surface area (Å²) >= 11 is 0. The summed E-state index contributed by atoms with van der Waals surface area (Å²) in [6, 6.07) is 2.03. The molecule has 0 spiro atoms. The SMILES string of the molecule is Cc1[nH]c(N2CC(CS(=O)(=O)F)CC2=O)c(C#N)c1C. The van der Waals surface area contributed by atoms with Crippen LogP contribution in [0.1, 0.15) is 23.2 Å². The molecule has 20 heavy (non-hydrogen) atoms. The average Bonchev–Trinajstić information content (AvgIpc) is 2.79. The number of anilines is 1. The Balaban J connectivity index is 2.29. The van der Waals surface area contributed by atoms with E-state index in [4.69, 9.17) is 5.26 Å². The predicted octanol–water partition coefficient (Wildman–Crippen LogP) is 1.16. The van der Waals surface area contributed by atoms with Gasteiger partial charge in [0, 0.05) is 24.6 Å². The summed E-state index contributed by atoms with van der Waals surface area (Å²) in [5.74, 6) is -1.20. The van der Waals surface area contributed by atoms with Crippen LogP contribution in [-0.4, -0.2) is 31.6 Å². The zero-order valence-electron chi connectivity index (χ0n) is 11.1. The molecular weight excluding hydrogens is 285 g/mol. The van der Waals surface area contributed by atoms with E-state index in [9.17, 15) is 17.1 Å². The van der Waals surface area contributed by atoms with Gasteiger partial charge in [-0.15, -0.1) is 3.89 Å². The minimum Gasteiger partial charge on any atom is -0.344 e. The molecule has 2 rings (SSSR count). The number of nitrogens with one attached hydrogen (secondary N) is 1. The molecule has 0 aromatic carbocycles. The third-order valence-electron chi connectivity index (χ3n) is 3.50. The number of hydrogen-bond donors (Lipinski definition) is 1. The van der Waals surface area contributed by atoms with Gasteiger partial charge in [-0.05, 0) is 19.4 Å². The largest absolute Gasteiger partial charge is 0.344 e. The molecule has 1 aliphatic heterocycles. The highest BCUT2D eigenvalue weighted by Crippen LogP contribution is 2.30. The highest BCUT2D eigenvalue weighted by atomic mass is 32.3. The van der Waals surface area contributed by atoms with Crippen LogP contribution in [0.25, 0.3) is 0 Å². The highest BCUT2D eigenvalue weighted by Gasteiger charge is 2.35. The Kier molecular flexibility index (Phi) is 3.56. The molecule has 6 nitrogen and oxygen atoms in total. The van der Waals surface area contributed by atoms with Crippen molar-refractivity contribution >= 4 is 21.9 Å². The number of amides is 1. The van der Waals surface area contributed by atoms with Crippen molar-refractivity contribution in [1.29, 1.82) is 5.26 Å². The van der Waals surface area contributed by atoms with Crippen molar-refractivity contribution in [1.82, 2.24) is 4.98 Å². The molecule has 8 heteroatoms. The lowest BCUT2D eigenvalue weighted by molar-refractivity contribution is -0.117. The Labute approximate surface area is 116 Å². The topological polar surface area (TPSA) is 94.0 Å². The molecular formula is C12H14FN3O3S. The highest BCUT2D eigenvalue weighted by molar-refractivity contribution is 7.86. The summed E-state index contributed by atoms with van der Waals surface area (Å²) in [7, 11) is -4.61. The summed E-state index contributed by atoms with van der Waals surface area (Å²) in [5.41, 5.74) is 1.88. The molecule has 1 unspecified atom stereocenters. The van der Waals surface area contributed by atoms with Gasteiger partial charge >= 0.3 is 10.2 Å². The third kappa shape index (κ3) is 2.67. The van der Waals surface area contributed by atoms with Gasteiger partial charge < -0.3 is 4.98 Å². The van der Waals surface area contributed by atoms with Crippen LogP contribution in [0.3, 0.4) is 0 Å². The van der Waals surface area contributed by atoms with E-state index < -0.39 is 21.9 Å². The van der Waals surface area contributed by atoms with E-state index in [1.165, 1.54) is 4.90 Å². The van der Waals surface area contributed by atoms with E-state index in [0.717, 1.165) is 11.3 Å². The number of aryl methyl sites for hydroxylation is 1. The van der Waals surface area contributed by atoms with Crippen LogP contribution in [0.15, 0.2) is 0 Å². The van der Waals surface area contributed by atoms with E-state index in [0.29, 0.717) is 11.4 Å². The van der Waals surface area contributed by atoms with Gasteiger partial charge in [-0.1, -0.05) is 0 Å². The van der Waals surface area contributed by atoms with Crippen LogP contribution in [0, 0.1) is 31.1 Å². The molecule has 1 saturated heterocycles. The zero-order chi connectivity index (χ0) is 15.1. The Morgan fingerprint density at radius 3 is 2.70 bits per heavy atom. The molecule has 0 saturated carbocycles. The van der Waals surface area contributed by atoms with Gasteiger partial charge in [-0.3, -0.25) is 9.69 Å². The lowest BCUT2D eigenvalue weighted by atomic mass is 10.1. The van der Waals surface area contributed by atoms with Crippen molar-refractivity contribution in [2.75, 3.05) is 17.2 Å². The van der Waals surface area contributed by atoms with E-state index in [2.05, 4.69) is 4.98 Å². The van der Waals surface area contributed by atoms with E-state index in [1.54, 1.807) is 13.8 Å². The van der Waals surface area contributed by atoms with Crippen molar-refractivity contribution in [3.05, 3.63) is 16.8 Å². The van der Waals surface area contributed by atoms with Crippen molar-refractivity contribution in [3.8, 4) is 6.07 Å². The molecule has 1 aromatic rings. The van der Waals surface area contributed by atoms with Crippen molar-refractivity contribution in [2.24, 2.45) is 5.92 Å². The maximum absolute atomic E-state index is 12.7. The number of halogens is 1. The van der Waals surface area contributed by atoms with Gasteiger partial charge in [-0.25, -0.2) is 0 Å². The van der Waals surface area contributed by atoms with Crippen LogP contribution < -0.4 is 4.90 Å². The van der Waals surface area contributed by atoms with E-state index in [1.807, 2.05) is 6.07 Å². The van der Waals surface area contributed by atoms with Gasteiger partial charge in [0.15, 0.2) is 0 Å². The summed E-state index contributed by atoms with van der Waals surface area (Å²) in [5, 5.41) is 9.15. The minimum atomic E-state index is -4.61. The van der Waals surface area contributed by atoms with E-state index in [-0.39, 0.29) is 18.9 Å². The van der Waals surface area contributed by atoms with Crippen LogP contribution in [0.4, 0.5) is 9.70 Å². The zero-order valence-corrected chi connectivity index (χ0v) is 11.9. The van der Waals surface area contributed by atoms with E-state index >= 15 is 0 Å². The normalized spacial score (nSPS) is 19.4. The summed E-state index contributed by atoms with van der Waals surface area (Å²) < 4.78 is 34.0. The Bertz CT molecular complexity index is 702. The van der Waals surface area contributed by atoms with Crippen molar-refractivity contribution in [2.45, 2.75) is 20.3 Å². The predicted molar refractivity (Wildman–Crippen MR) is 70.3 cm³/mol. The van der Waals surface area contributed by atoms with Gasteiger partial charge in [0.25, 0.3) is 0 Å². The van der Waals surface area contributed by atoms with Gasteiger partial charge in [0.1, 0.15) is 11.9 Å². The molecule has 1 amide bonds. The molecule has 2 heterocycles. The van der Waals surface area contributed by atoms with Crippen LogP contribution >= 0.6 is 0 Å². The second-order valence-electron chi connectivity index (χ2n) is 4.99. The van der Waals surface area contributed by atoms with Gasteiger partial charge in [-0.2, -0.15) is 13.7 Å². The van der Waals surface area contributed by atoms with Gasteiger partial charge in [0.05, 0.1) is 11.3 Å². The number of nitriles is 1. The molecule has 1 fully saturated rings. The lowest BCUT2D eigenvalue weighted by Crippen LogP contribution is -2.26. The van der Waals surface area contributed by atoms with Crippen LogP contribution in [0.2, 0.25) is 0 Å². The number of hydrogen-bond acceptors (Lipinski definition) is 4. The molecule has 0 bridgehead atoms.